The zero-order valence-electron chi connectivity index (χ0n) is 16.1. The number of hydrogen-bond donors (Lipinski definition) is 1. The van der Waals surface area contributed by atoms with Gasteiger partial charge in [-0.2, -0.15) is 4.31 Å². The van der Waals surface area contributed by atoms with Gasteiger partial charge in [0.25, 0.3) is 0 Å². The minimum atomic E-state index is -3.57. The molecule has 0 aliphatic carbocycles. The van der Waals surface area contributed by atoms with Crippen LogP contribution in [0.5, 0.6) is 0 Å². The fraction of sp³-hybridized carbons (Fsp3) is 0.579. The predicted octanol–water partition coefficient (Wildman–Crippen LogP) is 1.96. The van der Waals surface area contributed by atoms with Crippen molar-refractivity contribution in [1.82, 2.24) is 9.21 Å². The average Bonchev–Trinajstić information content (AvgIpc) is 2.60. The van der Waals surface area contributed by atoms with Crippen LogP contribution in [-0.2, 0) is 19.6 Å². The first-order valence-electron chi connectivity index (χ1n) is 9.18. The molecule has 0 unspecified atom stereocenters. The molecule has 150 valence electrons. The third-order valence-electron chi connectivity index (χ3n) is 4.69. The van der Waals surface area contributed by atoms with Crippen LogP contribution in [0, 0.1) is 18.8 Å². The summed E-state index contributed by atoms with van der Waals surface area (Å²) in [7, 11) is -3.57. The molecule has 27 heavy (non-hydrogen) atoms. The summed E-state index contributed by atoms with van der Waals surface area (Å²) in [4.78, 5) is 25.4. The van der Waals surface area contributed by atoms with E-state index < -0.39 is 16.0 Å². The van der Waals surface area contributed by atoms with E-state index in [4.69, 9.17) is 5.11 Å². The summed E-state index contributed by atoms with van der Waals surface area (Å²) in [6.45, 7) is 6.33. The topological polar surface area (TPSA) is 95.0 Å². The van der Waals surface area contributed by atoms with Crippen LogP contribution in [0.2, 0.25) is 0 Å². The number of hydrogen-bond acceptors (Lipinski definition) is 4. The molecule has 1 aliphatic rings. The van der Waals surface area contributed by atoms with Gasteiger partial charge in [0, 0.05) is 25.6 Å². The first kappa shape index (κ1) is 21.4. The number of carboxylic acid groups (broad SMARTS) is 1. The Hall–Kier alpha value is -1.93. The highest BCUT2D eigenvalue weighted by Crippen LogP contribution is 2.25. The highest BCUT2D eigenvalue weighted by atomic mass is 32.2. The number of carboxylic acids is 1. The number of carbonyl (C=O) groups excluding carboxylic acids is 1. The van der Waals surface area contributed by atoms with Crippen LogP contribution >= 0.6 is 0 Å². The summed E-state index contributed by atoms with van der Waals surface area (Å²) in [6.07, 6.45) is 0.802. The third-order valence-corrected chi connectivity index (χ3v) is 6.60. The second-order valence-corrected chi connectivity index (χ2v) is 9.44. The Kier molecular flexibility index (Phi) is 7.00. The number of aliphatic carboxylic acids is 1. The summed E-state index contributed by atoms with van der Waals surface area (Å²) in [6, 6.07) is 6.72. The lowest BCUT2D eigenvalue weighted by molar-refractivity contribution is -0.147. The second-order valence-electron chi connectivity index (χ2n) is 7.50. The molecule has 1 saturated heterocycles. The first-order valence-corrected chi connectivity index (χ1v) is 10.6. The lowest BCUT2D eigenvalue weighted by atomic mass is 9.96. The number of rotatable bonds is 7. The van der Waals surface area contributed by atoms with Crippen molar-refractivity contribution in [2.75, 3.05) is 26.2 Å². The van der Waals surface area contributed by atoms with Crippen LogP contribution < -0.4 is 0 Å². The van der Waals surface area contributed by atoms with Crippen molar-refractivity contribution < 1.29 is 23.1 Å². The maximum Gasteiger partial charge on any atom is 0.323 e. The Bertz CT molecular complexity index is 766. The van der Waals surface area contributed by atoms with Crippen LogP contribution in [0.3, 0.4) is 0 Å². The standard InChI is InChI=1S/C19H28N2O5S/c1-14(2)12-20(13-18(22)23)19(24)16-8-10-21(11-9-16)27(25,26)17-6-4-15(3)5-7-17/h4-7,14,16H,8-13H2,1-3H3,(H,22,23). The van der Waals surface area contributed by atoms with E-state index in [0.717, 1.165) is 5.56 Å². The number of aryl methyl sites for hydroxylation is 1. The molecule has 8 heteroatoms. The Morgan fingerprint density at radius 2 is 1.74 bits per heavy atom. The number of piperidine rings is 1. The van der Waals surface area contributed by atoms with Gasteiger partial charge < -0.3 is 10.0 Å². The van der Waals surface area contributed by atoms with Crippen molar-refractivity contribution in [2.45, 2.75) is 38.5 Å². The maximum absolute atomic E-state index is 12.8. The Balaban J connectivity index is 2.03. The van der Waals surface area contributed by atoms with Crippen molar-refractivity contribution in [2.24, 2.45) is 11.8 Å². The number of carbonyl (C=O) groups is 2. The van der Waals surface area contributed by atoms with E-state index >= 15 is 0 Å². The van der Waals surface area contributed by atoms with Gasteiger partial charge in [0.1, 0.15) is 6.54 Å². The molecule has 0 radical (unpaired) electrons. The van der Waals surface area contributed by atoms with Crippen LogP contribution in [0.4, 0.5) is 0 Å². The van der Waals surface area contributed by atoms with E-state index in [2.05, 4.69) is 0 Å². The van der Waals surface area contributed by atoms with E-state index in [1.807, 2.05) is 20.8 Å². The number of amides is 1. The molecule has 0 spiro atoms. The lowest BCUT2D eigenvalue weighted by Gasteiger charge is -2.33. The van der Waals surface area contributed by atoms with E-state index in [-0.39, 0.29) is 42.3 Å². The minimum Gasteiger partial charge on any atom is -0.480 e. The van der Waals surface area contributed by atoms with Gasteiger partial charge in [-0.1, -0.05) is 31.5 Å². The SMILES string of the molecule is Cc1ccc(S(=O)(=O)N2CCC(C(=O)N(CC(=O)O)CC(C)C)CC2)cc1. The highest BCUT2D eigenvalue weighted by Gasteiger charge is 2.34. The highest BCUT2D eigenvalue weighted by molar-refractivity contribution is 7.89. The lowest BCUT2D eigenvalue weighted by Crippen LogP contribution is -2.46. The molecule has 2 rings (SSSR count). The van der Waals surface area contributed by atoms with Gasteiger partial charge in [0.05, 0.1) is 4.90 Å². The second kappa shape index (κ2) is 8.84. The summed E-state index contributed by atoms with van der Waals surface area (Å²) >= 11 is 0. The fourth-order valence-corrected chi connectivity index (χ4v) is 4.77. The van der Waals surface area contributed by atoms with Crippen LogP contribution in [-0.4, -0.2) is 60.8 Å². The van der Waals surface area contributed by atoms with E-state index in [1.54, 1.807) is 24.3 Å². The van der Waals surface area contributed by atoms with Gasteiger partial charge in [-0.25, -0.2) is 8.42 Å². The van der Waals surface area contributed by atoms with Crippen LogP contribution in [0.1, 0.15) is 32.3 Å². The van der Waals surface area contributed by atoms with Crippen molar-refractivity contribution in [3.8, 4) is 0 Å². The number of benzene rings is 1. The molecule has 1 heterocycles. The fourth-order valence-electron chi connectivity index (χ4n) is 3.30. The molecule has 1 aliphatic heterocycles. The average molecular weight is 397 g/mol. The first-order chi connectivity index (χ1) is 12.6. The molecule has 1 N–H and O–H groups in total. The summed E-state index contributed by atoms with van der Waals surface area (Å²) in [5.74, 6) is -1.41. The number of nitrogens with zero attached hydrogens (tertiary/aromatic N) is 2. The maximum atomic E-state index is 12.8. The Labute approximate surface area is 161 Å². The zero-order valence-corrected chi connectivity index (χ0v) is 16.9. The van der Waals surface area contributed by atoms with E-state index in [1.165, 1.54) is 9.21 Å². The molecular formula is C19H28N2O5S. The largest absolute Gasteiger partial charge is 0.480 e. The summed E-state index contributed by atoms with van der Waals surface area (Å²) in [5, 5.41) is 9.06. The predicted molar refractivity (Wildman–Crippen MR) is 102 cm³/mol. The summed E-state index contributed by atoms with van der Waals surface area (Å²) in [5.41, 5.74) is 0.988. The zero-order chi connectivity index (χ0) is 20.2. The van der Waals surface area contributed by atoms with E-state index in [9.17, 15) is 18.0 Å². The molecular weight excluding hydrogens is 368 g/mol. The van der Waals surface area contributed by atoms with Crippen LogP contribution in [0.25, 0.3) is 0 Å². The molecule has 0 bridgehead atoms. The smallest absolute Gasteiger partial charge is 0.323 e. The molecule has 1 aromatic carbocycles. The normalized spacial score (nSPS) is 16.4. The quantitative estimate of drug-likeness (QED) is 0.760. The Morgan fingerprint density at radius 1 is 1.19 bits per heavy atom. The van der Waals surface area contributed by atoms with Crippen LogP contribution in [0.15, 0.2) is 29.2 Å². The van der Waals surface area contributed by atoms with Crippen molar-refractivity contribution in [3.63, 3.8) is 0 Å². The van der Waals surface area contributed by atoms with Gasteiger partial charge in [-0.15, -0.1) is 0 Å². The number of sulfonamides is 1. The van der Waals surface area contributed by atoms with Crippen molar-refractivity contribution in [3.05, 3.63) is 29.8 Å². The Morgan fingerprint density at radius 3 is 2.22 bits per heavy atom. The molecule has 0 saturated carbocycles. The third kappa shape index (κ3) is 5.52. The van der Waals surface area contributed by atoms with Gasteiger partial charge in [0.2, 0.25) is 15.9 Å². The molecule has 0 atom stereocenters. The molecule has 1 amide bonds. The molecule has 7 nitrogen and oxygen atoms in total. The van der Waals surface area contributed by atoms with E-state index in [0.29, 0.717) is 19.4 Å². The molecule has 1 fully saturated rings. The van der Waals surface area contributed by atoms with Gasteiger partial charge in [0.15, 0.2) is 0 Å². The minimum absolute atomic E-state index is 0.162. The van der Waals surface area contributed by atoms with Gasteiger partial charge in [-0.3, -0.25) is 9.59 Å². The monoisotopic (exact) mass is 396 g/mol. The van der Waals surface area contributed by atoms with Gasteiger partial charge >= 0.3 is 5.97 Å². The summed E-state index contributed by atoms with van der Waals surface area (Å²) < 4.78 is 26.9. The van der Waals surface area contributed by atoms with Crippen molar-refractivity contribution >= 4 is 21.9 Å². The molecule has 1 aromatic rings. The van der Waals surface area contributed by atoms with Gasteiger partial charge in [-0.05, 0) is 37.8 Å². The molecule has 0 aromatic heterocycles. The van der Waals surface area contributed by atoms with Crippen molar-refractivity contribution in [1.29, 1.82) is 0 Å².